The van der Waals surface area contributed by atoms with E-state index in [9.17, 15) is 19.7 Å². The first-order valence-corrected chi connectivity index (χ1v) is 13.5. The Kier molecular flexibility index (Phi) is 7.45. The molecule has 1 aromatic heterocycles. The van der Waals surface area contributed by atoms with E-state index in [1.54, 1.807) is 12.1 Å². The van der Waals surface area contributed by atoms with Crippen molar-refractivity contribution in [3.05, 3.63) is 101 Å². The summed E-state index contributed by atoms with van der Waals surface area (Å²) in [5, 5.41) is 11.6. The van der Waals surface area contributed by atoms with Crippen LogP contribution in [0.15, 0.2) is 69.6 Å². The second-order valence-corrected chi connectivity index (χ2v) is 10.5. The van der Waals surface area contributed by atoms with Gasteiger partial charge >= 0.3 is 5.97 Å². The van der Waals surface area contributed by atoms with Crippen LogP contribution in [-0.2, 0) is 9.53 Å². The van der Waals surface area contributed by atoms with Crippen molar-refractivity contribution in [3.63, 3.8) is 0 Å². The van der Waals surface area contributed by atoms with Gasteiger partial charge < -0.3 is 14.5 Å². The first-order valence-electron chi connectivity index (χ1n) is 12.7. The highest BCUT2D eigenvalue weighted by Gasteiger charge is 2.33. The number of nitro groups is 1. The second-order valence-electron chi connectivity index (χ2n) is 9.49. The molecule has 11 heteroatoms. The van der Waals surface area contributed by atoms with Crippen molar-refractivity contribution in [2.75, 3.05) is 45.2 Å². The summed E-state index contributed by atoms with van der Waals surface area (Å²) in [4.78, 5) is 47.7. The number of benzene rings is 2. The van der Waals surface area contributed by atoms with Crippen LogP contribution in [0.5, 0.6) is 0 Å². The summed E-state index contributed by atoms with van der Waals surface area (Å²) < 4.78 is 7.02. The molecule has 3 heterocycles. The van der Waals surface area contributed by atoms with Gasteiger partial charge in [-0.15, -0.1) is 0 Å². The normalized spacial score (nSPS) is 18.1. The lowest BCUT2D eigenvalue weighted by Crippen LogP contribution is -2.44. The van der Waals surface area contributed by atoms with Crippen molar-refractivity contribution < 1.29 is 14.5 Å². The molecule has 202 valence electrons. The van der Waals surface area contributed by atoms with Gasteiger partial charge in [-0.2, -0.15) is 0 Å². The summed E-state index contributed by atoms with van der Waals surface area (Å²) in [6.45, 7) is 5.18. The van der Waals surface area contributed by atoms with E-state index in [0.29, 0.717) is 32.6 Å². The smallest absolute Gasteiger partial charge is 0.338 e. The third kappa shape index (κ3) is 5.02. The fourth-order valence-electron chi connectivity index (χ4n) is 5.06. The first-order chi connectivity index (χ1) is 18.8. The molecule has 2 aliphatic heterocycles. The molecule has 0 spiro atoms. The maximum absolute atomic E-state index is 14.0. The van der Waals surface area contributed by atoms with Crippen LogP contribution >= 0.6 is 11.3 Å². The molecular weight excluding hydrogens is 518 g/mol. The van der Waals surface area contributed by atoms with Gasteiger partial charge in [0.25, 0.3) is 11.2 Å². The quantitative estimate of drug-likeness (QED) is 0.265. The van der Waals surface area contributed by atoms with Crippen molar-refractivity contribution in [3.8, 4) is 0 Å². The van der Waals surface area contributed by atoms with E-state index in [-0.39, 0.29) is 11.2 Å². The molecule has 0 aliphatic carbocycles. The van der Waals surface area contributed by atoms with Gasteiger partial charge in [-0.05, 0) is 31.2 Å². The van der Waals surface area contributed by atoms with Crippen LogP contribution < -0.4 is 19.8 Å². The second kappa shape index (κ2) is 11.0. The molecule has 0 saturated carbocycles. The van der Waals surface area contributed by atoms with Crippen LogP contribution in [0.2, 0.25) is 0 Å². The van der Waals surface area contributed by atoms with Crippen LogP contribution in [0.1, 0.15) is 30.5 Å². The number of ether oxygens (including phenoxy) is 1. The topological polar surface area (TPSA) is 110 Å². The molecule has 2 aliphatic rings. The minimum Gasteiger partial charge on any atom is -0.466 e. The molecule has 1 fully saturated rings. The summed E-state index contributed by atoms with van der Waals surface area (Å²) in [6.07, 6.45) is 2.19. The lowest BCUT2D eigenvalue weighted by atomic mass is 9.95. The number of carbonyl (C=O) groups excluding carboxylic acids is 1. The van der Waals surface area contributed by atoms with Gasteiger partial charge in [0.05, 0.1) is 33.9 Å². The Bertz CT molecular complexity index is 1630. The zero-order valence-electron chi connectivity index (χ0n) is 22.0. The number of esters is 1. The number of nitrogens with zero attached hydrogens (tertiary/aromatic N) is 5. The van der Waals surface area contributed by atoms with Gasteiger partial charge in [0.15, 0.2) is 4.80 Å². The number of carbonyl (C=O) groups is 1. The predicted octanol–water partition coefficient (Wildman–Crippen LogP) is 2.46. The minimum absolute atomic E-state index is 0.0460. The number of rotatable bonds is 6. The van der Waals surface area contributed by atoms with Crippen LogP contribution in [0.25, 0.3) is 6.08 Å². The van der Waals surface area contributed by atoms with Crippen molar-refractivity contribution in [2.45, 2.75) is 19.4 Å². The monoisotopic (exact) mass is 547 g/mol. The predicted molar refractivity (Wildman–Crippen MR) is 150 cm³/mol. The zero-order valence-corrected chi connectivity index (χ0v) is 22.8. The Morgan fingerprint density at radius 1 is 1.18 bits per heavy atom. The van der Waals surface area contributed by atoms with Crippen molar-refractivity contribution in [1.29, 1.82) is 0 Å². The summed E-state index contributed by atoms with van der Waals surface area (Å²) in [6, 6.07) is 13.4. The lowest BCUT2D eigenvalue weighted by Gasteiger charge is -2.34. The molecule has 1 atom stereocenters. The van der Waals surface area contributed by atoms with Gasteiger partial charge in [0.1, 0.15) is 0 Å². The zero-order chi connectivity index (χ0) is 27.7. The molecule has 0 N–H and O–H groups in total. The van der Waals surface area contributed by atoms with E-state index in [2.05, 4.69) is 16.8 Å². The Balaban J connectivity index is 1.72. The van der Waals surface area contributed by atoms with Gasteiger partial charge in [0, 0.05) is 49.6 Å². The van der Waals surface area contributed by atoms with E-state index >= 15 is 0 Å². The number of nitro benzene ring substituents is 1. The minimum atomic E-state index is -0.700. The summed E-state index contributed by atoms with van der Waals surface area (Å²) in [5.41, 5.74) is 2.73. The van der Waals surface area contributed by atoms with Crippen LogP contribution in [-0.4, -0.2) is 60.7 Å². The number of likely N-dealkylation sites (N-methyl/N-ethyl adjacent to an activating group) is 1. The first kappa shape index (κ1) is 26.5. The van der Waals surface area contributed by atoms with E-state index in [1.807, 2.05) is 37.3 Å². The summed E-state index contributed by atoms with van der Waals surface area (Å²) in [5.74, 6) is -0.533. The van der Waals surface area contributed by atoms with Gasteiger partial charge in [0.2, 0.25) is 0 Å². The number of hydrogen-bond acceptors (Lipinski definition) is 9. The van der Waals surface area contributed by atoms with Crippen LogP contribution in [0.3, 0.4) is 0 Å². The van der Waals surface area contributed by atoms with Crippen molar-refractivity contribution in [1.82, 2.24) is 9.47 Å². The van der Waals surface area contributed by atoms with E-state index in [1.165, 1.54) is 35.1 Å². The van der Waals surface area contributed by atoms with E-state index in [0.717, 1.165) is 37.4 Å². The number of anilines is 1. The molecule has 1 saturated heterocycles. The molecule has 0 amide bonds. The molecule has 0 bridgehead atoms. The third-order valence-electron chi connectivity index (χ3n) is 7.12. The maximum Gasteiger partial charge on any atom is 0.338 e. The lowest BCUT2D eigenvalue weighted by molar-refractivity contribution is -0.384. The van der Waals surface area contributed by atoms with Gasteiger partial charge in [-0.1, -0.05) is 48.6 Å². The Labute approximate surface area is 228 Å². The SMILES string of the molecule is CCC1=C(C(=O)OC)[C@H](c2ccccc2)n2c(s/c(=C\c3cc([N+](=O)[O-])ccc3N3CCN(C)CC3)c2=O)=N1. The highest BCUT2D eigenvalue weighted by atomic mass is 32.1. The van der Waals surface area contributed by atoms with E-state index < -0.39 is 16.9 Å². The Morgan fingerprint density at radius 3 is 2.54 bits per heavy atom. The standard InChI is InChI=1S/C28H29N5O5S/c1-4-21-24(27(35)38-3)25(18-8-6-5-7-9-18)32-26(34)23(39-28(32)29-21)17-19-16-20(33(36)37)10-11-22(19)31-14-12-30(2)13-15-31/h5-11,16-17,25H,4,12-15H2,1-3H3/b23-17-/t25-/m0/s1. The number of aromatic nitrogens is 1. The number of piperazine rings is 1. The molecule has 0 radical (unpaired) electrons. The van der Waals surface area contributed by atoms with Crippen molar-refractivity contribution in [2.24, 2.45) is 4.99 Å². The summed E-state index contributed by atoms with van der Waals surface area (Å²) in [7, 11) is 3.38. The Morgan fingerprint density at radius 2 is 1.90 bits per heavy atom. The number of thiazole rings is 1. The fraction of sp³-hybridized carbons (Fsp3) is 0.321. The number of allylic oxidation sites excluding steroid dienone is 1. The van der Waals surface area contributed by atoms with Gasteiger partial charge in [-0.3, -0.25) is 19.5 Å². The number of hydrogen-bond donors (Lipinski definition) is 0. The molecule has 5 rings (SSSR count). The average molecular weight is 548 g/mol. The largest absolute Gasteiger partial charge is 0.466 e. The molecule has 3 aromatic rings. The Hall–Kier alpha value is -4.09. The molecule has 2 aromatic carbocycles. The fourth-order valence-corrected chi connectivity index (χ4v) is 6.07. The van der Waals surface area contributed by atoms with E-state index in [4.69, 9.17) is 9.73 Å². The molecule has 0 unspecified atom stereocenters. The maximum atomic E-state index is 14.0. The number of fused-ring (bicyclic) bond motifs is 1. The van der Waals surface area contributed by atoms with Crippen LogP contribution in [0.4, 0.5) is 11.4 Å². The highest BCUT2D eigenvalue weighted by molar-refractivity contribution is 7.07. The molecule has 10 nitrogen and oxygen atoms in total. The highest BCUT2D eigenvalue weighted by Crippen LogP contribution is 2.32. The van der Waals surface area contributed by atoms with Crippen LogP contribution in [0, 0.1) is 10.1 Å². The number of methoxy groups -OCH3 is 1. The molecular formula is C28H29N5O5S. The van der Waals surface area contributed by atoms with Crippen molar-refractivity contribution >= 4 is 34.8 Å². The molecule has 39 heavy (non-hydrogen) atoms. The third-order valence-corrected chi connectivity index (χ3v) is 8.10. The average Bonchev–Trinajstić information content (AvgIpc) is 3.26. The van der Waals surface area contributed by atoms with Gasteiger partial charge in [-0.25, -0.2) is 9.79 Å². The summed E-state index contributed by atoms with van der Waals surface area (Å²) >= 11 is 1.21. The number of non-ortho nitro benzene ring substituents is 1.